The smallest absolute Gasteiger partial charge is 0.305 e. The number of aliphatic hydroxyl groups excluding tert-OH is 2. The molecule has 2 atom stereocenters. The Morgan fingerprint density at radius 2 is 1.00 bits per heavy atom. The molecule has 0 aromatic carbocycles. The number of rotatable bonds is 33. The fourth-order valence-electron chi connectivity index (χ4n) is 5.01. The van der Waals surface area contributed by atoms with E-state index in [-0.39, 0.29) is 25.6 Å². The lowest BCUT2D eigenvalue weighted by Gasteiger charge is -2.12. The molecule has 0 aromatic rings. The van der Waals surface area contributed by atoms with Crippen LogP contribution in [0.25, 0.3) is 0 Å². The lowest BCUT2D eigenvalue weighted by atomic mass is 10.0. The van der Waals surface area contributed by atoms with Gasteiger partial charge in [-0.05, 0) is 44.9 Å². The number of ether oxygens (including phenoxy) is 2. The Bertz CT molecular complexity index is 800. The maximum Gasteiger partial charge on any atom is 0.305 e. The monoisotopic (exact) mass is 647 g/mol. The van der Waals surface area contributed by atoms with E-state index in [0.717, 1.165) is 38.5 Å². The van der Waals surface area contributed by atoms with Gasteiger partial charge in [-0.15, -0.1) is 0 Å². The van der Waals surface area contributed by atoms with Crippen molar-refractivity contribution in [3.05, 3.63) is 48.6 Å². The van der Waals surface area contributed by atoms with E-state index in [1.165, 1.54) is 89.9 Å². The first kappa shape index (κ1) is 43.8. The lowest BCUT2D eigenvalue weighted by molar-refractivity contribution is -0.152. The van der Waals surface area contributed by atoms with Gasteiger partial charge in [0.05, 0.1) is 6.10 Å². The van der Waals surface area contributed by atoms with E-state index in [1.54, 1.807) is 6.08 Å². The molecule has 0 spiro atoms. The highest BCUT2D eigenvalue weighted by atomic mass is 16.6. The fraction of sp³-hybridized carbons (Fsp3) is 0.750. The number of carbonyl (C=O) groups excluding carboxylic acids is 2. The first-order valence-corrected chi connectivity index (χ1v) is 18.8. The first-order valence-electron chi connectivity index (χ1n) is 18.8. The second-order valence-corrected chi connectivity index (χ2v) is 12.5. The SMILES string of the molecule is CCCCC/C=C\C/C=C\C/C=C\C=C\[C@@H](O)CCCC(=O)OC[C@H](O)COC(=O)CCCCCCCCCCCCCCCC. The minimum atomic E-state index is -1.04. The lowest BCUT2D eigenvalue weighted by Crippen LogP contribution is -2.25. The molecule has 0 aliphatic heterocycles. The Hall–Kier alpha value is -2.18. The first-order chi connectivity index (χ1) is 22.5. The van der Waals surface area contributed by atoms with Gasteiger partial charge in [0, 0.05) is 12.8 Å². The summed E-state index contributed by atoms with van der Waals surface area (Å²) in [6.07, 6.45) is 40.5. The number of allylic oxidation sites excluding steroid dienone is 7. The standard InChI is InChI=1S/C40H70O6/c1-3-5-7-9-11-13-15-17-19-21-23-25-27-29-33-39(43)45-35-38(42)36-46-40(44)34-30-32-37(41)31-28-26-24-22-20-18-16-14-12-10-8-6-4-2/h12,14,18,20,24,26,28,31,37-38,41-42H,3-11,13,15-17,19,21-23,25,27,29-30,32-36H2,1-2H3/b14-12-,20-18-,26-24-,31-28+/t37-,38-/m1/s1. The Balaban J connectivity index is 3.64. The molecule has 266 valence electrons. The largest absolute Gasteiger partial charge is 0.463 e. The second kappa shape index (κ2) is 35.7. The zero-order valence-corrected chi connectivity index (χ0v) is 29.7. The summed E-state index contributed by atoms with van der Waals surface area (Å²) in [7, 11) is 0. The fourth-order valence-corrected chi connectivity index (χ4v) is 5.01. The molecule has 0 fully saturated rings. The van der Waals surface area contributed by atoms with Crippen molar-refractivity contribution in [3.8, 4) is 0 Å². The minimum Gasteiger partial charge on any atom is -0.463 e. The molecule has 0 saturated heterocycles. The molecule has 46 heavy (non-hydrogen) atoms. The van der Waals surface area contributed by atoms with Crippen LogP contribution in [-0.4, -0.2) is 47.6 Å². The Labute approximate surface area is 282 Å². The van der Waals surface area contributed by atoms with Crippen LogP contribution >= 0.6 is 0 Å². The van der Waals surface area contributed by atoms with Crippen LogP contribution in [0.5, 0.6) is 0 Å². The van der Waals surface area contributed by atoms with E-state index in [1.807, 2.05) is 18.2 Å². The summed E-state index contributed by atoms with van der Waals surface area (Å²) >= 11 is 0. The zero-order valence-electron chi connectivity index (χ0n) is 29.7. The van der Waals surface area contributed by atoms with Crippen LogP contribution in [0.3, 0.4) is 0 Å². The highest BCUT2D eigenvalue weighted by molar-refractivity contribution is 5.69. The summed E-state index contributed by atoms with van der Waals surface area (Å²) in [6.45, 7) is 4.10. The third-order valence-electron chi connectivity index (χ3n) is 7.92. The molecular formula is C40H70O6. The molecule has 0 rings (SSSR count). The average Bonchev–Trinajstić information content (AvgIpc) is 3.05. The summed E-state index contributed by atoms with van der Waals surface area (Å²) in [5.41, 5.74) is 0. The number of esters is 2. The van der Waals surface area contributed by atoms with Crippen LogP contribution in [0.15, 0.2) is 48.6 Å². The third kappa shape index (κ3) is 34.7. The molecule has 0 radical (unpaired) electrons. The van der Waals surface area contributed by atoms with Gasteiger partial charge < -0.3 is 19.7 Å². The van der Waals surface area contributed by atoms with Crippen molar-refractivity contribution in [2.24, 2.45) is 0 Å². The summed E-state index contributed by atoms with van der Waals surface area (Å²) in [4.78, 5) is 23.9. The number of hydrogen-bond acceptors (Lipinski definition) is 6. The van der Waals surface area contributed by atoms with Gasteiger partial charge in [0.2, 0.25) is 0 Å². The quantitative estimate of drug-likeness (QED) is 0.0319. The van der Waals surface area contributed by atoms with Crippen LogP contribution in [0, 0.1) is 0 Å². The molecule has 0 aliphatic carbocycles. The van der Waals surface area contributed by atoms with Crippen molar-refractivity contribution in [3.63, 3.8) is 0 Å². The predicted octanol–water partition coefficient (Wildman–Crippen LogP) is 10.4. The third-order valence-corrected chi connectivity index (χ3v) is 7.92. The van der Waals surface area contributed by atoms with Gasteiger partial charge in [-0.3, -0.25) is 9.59 Å². The molecule has 6 heteroatoms. The van der Waals surface area contributed by atoms with Gasteiger partial charge in [-0.25, -0.2) is 0 Å². The summed E-state index contributed by atoms with van der Waals surface area (Å²) < 4.78 is 10.2. The minimum absolute atomic E-state index is 0.157. The number of hydrogen-bond donors (Lipinski definition) is 2. The van der Waals surface area contributed by atoms with E-state index in [0.29, 0.717) is 19.3 Å². The second-order valence-electron chi connectivity index (χ2n) is 12.5. The summed E-state index contributed by atoms with van der Waals surface area (Å²) in [5, 5.41) is 20.1. The van der Waals surface area contributed by atoms with Crippen molar-refractivity contribution in [1.82, 2.24) is 0 Å². The molecule has 6 nitrogen and oxygen atoms in total. The van der Waals surface area contributed by atoms with Crippen molar-refractivity contribution in [2.75, 3.05) is 13.2 Å². The van der Waals surface area contributed by atoms with E-state index < -0.39 is 18.2 Å². The molecule has 0 bridgehead atoms. The maximum atomic E-state index is 11.9. The van der Waals surface area contributed by atoms with Crippen LogP contribution in [0.2, 0.25) is 0 Å². The highest BCUT2D eigenvalue weighted by Crippen LogP contribution is 2.13. The van der Waals surface area contributed by atoms with Crippen molar-refractivity contribution >= 4 is 11.9 Å². The molecule has 0 unspecified atom stereocenters. The molecular weight excluding hydrogens is 576 g/mol. The normalized spacial score (nSPS) is 13.4. The number of aliphatic hydroxyl groups is 2. The van der Waals surface area contributed by atoms with E-state index in [2.05, 4.69) is 38.2 Å². The molecule has 0 heterocycles. The molecule has 2 N–H and O–H groups in total. The van der Waals surface area contributed by atoms with Gasteiger partial charge in [0.15, 0.2) is 0 Å². The van der Waals surface area contributed by atoms with Crippen LogP contribution < -0.4 is 0 Å². The van der Waals surface area contributed by atoms with E-state index in [4.69, 9.17) is 9.47 Å². The summed E-state index contributed by atoms with van der Waals surface area (Å²) in [5.74, 6) is -0.759. The van der Waals surface area contributed by atoms with Gasteiger partial charge in [0.25, 0.3) is 0 Å². The zero-order chi connectivity index (χ0) is 33.8. The topological polar surface area (TPSA) is 93.1 Å². The van der Waals surface area contributed by atoms with Gasteiger partial charge in [0.1, 0.15) is 19.3 Å². The van der Waals surface area contributed by atoms with Crippen LogP contribution in [0.4, 0.5) is 0 Å². The Morgan fingerprint density at radius 3 is 1.57 bits per heavy atom. The van der Waals surface area contributed by atoms with Gasteiger partial charge >= 0.3 is 11.9 Å². The predicted molar refractivity (Wildman–Crippen MR) is 193 cm³/mol. The molecule has 0 aromatic heterocycles. The molecule has 0 saturated carbocycles. The molecule has 0 amide bonds. The van der Waals surface area contributed by atoms with E-state index in [9.17, 15) is 19.8 Å². The molecule has 0 aliphatic rings. The maximum absolute atomic E-state index is 11.9. The van der Waals surface area contributed by atoms with Gasteiger partial charge in [-0.1, -0.05) is 159 Å². The van der Waals surface area contributed by atoms with E-state index >= 15 is 0 Å². The number of carbonyl (C=O) groups is 2. The van der Waals surface area contributed by atoms with Crippen LogP contribution in [0.1, 0.15) is 168 Å². The summed E-state index contributed by atoms with van der Waals surface area (Å²) in [6, 6.07) is 0. The Morgan fingerprint density at radius 1 is 0.543 bits per heavy atom. The van der Waals surface area contributed by atoms with Crippen molar-refractivity contribution in [2.45, 2.75) is 180 Å². The average molecular weight is 647 g/mol. The van der Waals surface area contributed by atoms with Crippen molar-refractivity contribution < 1.29 is 29.3 Å². The van der Waals surface area contributed by atoms with Crippen LogP contribution in [-0.2, 0) is 19.1 Å². The Kier molecular flexibility index (Phi) is 34.0. The van der Waals surface area contributed by atoms with Gasteiger partial charge in [-0.2, -0.15) is 0 Å². The highest BCUT2D eigenvalue weighted by Gasteiger charge is 2.12. The number of unbranched alkanes of at least 4 members (excludes halogenated alkanes) is 16. The van der Waals surface area contributed by atoms with Crippen molar-refractivity contribution in [1.29, 1.82) is 0 Å².